The summed E-state index contributed by atoms with van der Waals surface area (Å²) in [7, 11) is 1.60. The van der Waals surface area contributed by atoms with Gasteiger partial charge in [0.1, 0.15) is 18.1 Å². The third-order valence-electron chi connectivity index (χ3n) is 3.28. The Bertz CT molecular complexity index is 1010. The summed E-state index contributed by atoms with van der Waals surface area (Å²) in [6.07, 6.45) is -15.3. The molecule has 248 valence electrons. The van der Waals surface area contributed by atoms with Crippen LogP contribution in [0.2, 0.25) is 0 Å². The number of hydrogen-bond donors (Lipinski definition) is 8. The molecule has 1 aromatic rings. The summed E-state index contributed by atoms with van der Waals surface area (Å²) in [6, 6.07) is 5.43. The highest BCUT2D eigenvalue weighted by atomic mass is 19.4. The Morgan fingerprint density at radius 2 is 1.14 bits per heavy atom. The molecule has 0 atom stereocenters. The standard InChI is InChI=1S/C13H23N7O2.3C2HF3O2/c1-21-9-2-3-11(22-7-6-20-13(16)17)10(8-9)18-4-5-19-12(14)15;3*3-2(4,5)1(6)7/h2-3,8,18H,4-7H2,1H3,(H4,14,15,19)(H4,16,17,20);3*(H,6,7). The molecule has 12 N–H and O–H groups in total. The molecule has 0 saturated carbocycles. The molecule has 0 heterocycles. The summed E-state index contributed by atoms with van der Waals surface area (Å²) < 4.78 is 106. The number of benzene rings is 1. The molecule has 0 aliphatic carbocycles. The van der Waals surface area contributed by atoms with E-state index in [1.54, 1.807) is 19.2 Å². The highest BCUT2D eigenvalue weighted by Crippen LogP contribution is 2.29. The van der Waals surface area contributed by atoms with E-state index < -0.39 is 36.4 Å². The lowest BCUT2D eigenvalue weighted by molar-refractivity contribution is -0.193. The molecular weight excluding hydrogens is 625 g/mol. The number of aliphatic imine (C=N–C) groups is 2. The van der Waals surface area contributed by atoms with Gasteiger partial charge in [0.15, 0.2) is 11.9 Å². The number of carboxylic acid groups (broad SMARTS) is 3. The van der Waals surface area contributed by atoms with Gasteiger partial charge in [-0.15, -0.1) is 0 Å². The maximum absolute atomic E-state index is 10.6. The number of carbonyl (C=O) groups is 3. The van der Waals surface area contributed by atoms with Crippen molar-refractivity contribution in [1.82, 2.24) is 0 Å². The normalized spacial score (nSPS) is 10.5. The highest BCUT2D eigenvalue weighted by molar-refractivity contribution is 5.76. The van der Waals surface area contributed by atoms with Crippen LogP contribution < -0.4 is 37.7 Å². The van der Waals surface area contributed by atoms with E-state index in [4.69, 9.17) is 62.1 Å². The molecule has 0 aliphatic heterocycles. The number of alkyl halides is 9. The van der Waals surface area contributed by atoms with Crippen molar-refractivity contribution in [3.8, 4) is 11.5 Å². The summed E-state index contributed by atoms with van der Waals surface area (Å²) >= 11 is 0. The van der Waals surface area contributed by atoms with Crippen molar-refractivity contribution >= 4 is 35.5 Å². The minimum absolute atomic E-state index is 0.0360. The second kappa shape index (κ2) is 19.9. The van der Waals surface area contributed by atoms with Gasteiger partial charge in [0, 0.05) is 12.6 Å². The van der Waals surface area contributed by atoms with Crippen LogP contribution in [0.5, 0.6) is 11.5 Å². The third-order valence-corrected chi connectivity index (χ3v) is 3.28. The Hall–Kier alpha value is -5.06. The van der Waals surface area contributed by atoms with E-state index >= 15 is 0 Å². The SMILES string of the molecule is COc1ccc(OCCN=C(N)N)c(NCCN=C(N)N)c1.O=C(O)C(F)(F)F.O=C(O)C(F)(F)F.O=C(O)C(F)(F)F. The van der Waals surface area contributed by atoms with Crippen molar-refractivity contribution in [2.75, 3.05) is 38.7 Å². The largest absolute Gasteiger partial charge is 0.497 e. The molecular formula is C19H26F9N7O8. The predicted octanol–water partition coefficient (Wildman–Crippen LogP) is 0.933. The van der Waals surface area contributed by atoms with Crippen LogP contribution in [-0.4, -0.2) is 97.0 Å². The minimum Gasteiger partial charge on any atom is -0.497 e. The first-order valence-corrected chi connectivity index (χ1v) is 10.4. The molecule has 1 aromatic carbocycles. The van der Waals surface area contributed by atoms with E-state index in [2.05, 4.69) is 15.3 Å². The molecule has 0 aromatic heterocycles. The molecule has 0 saturated heterocycles. The van der Waals surface area contributed by atoms with Gasteiger partial charge >= 0.3 is 36.4 Å². The van der Waals surface area contributed by atoms with Crippen LogP contribution in [0.15, 0.2) is 28.2 Å². The number of rotatable bonds is 9. The number of nitrogens with zero attached hydrogens (tertiary/aromatic N) is 2. The fraction of sp³-hybridized carbons (Fsp3) is 0.421. The van der Waals surface area contributed by atoms with Gasteiger partial charge in [-0.25, -0.2) is 14.4 Å². The summed E-state index contributed by atoms with van der Waals surface area (Å²) in [5, 5.41) is 24.6. The summed E-state index contributed by atoms with van der Waals surface area (Å²) in [5.41, 5.74) is 21.8. The van der Waals surface area contributed by atoms with Crippen molar-refractivity contribution in [3.63, 3.8) is 0 Å². The zero-order valence-electron chi connectivity index (χ0n) is 21.5. The maximum atomic E-state index is 10.6. The molecule has 0 unspecified atom stereocenters. The molecule has 15 nitrogen and oxygen atoms in total. The van der Waals surface area contributed by atoms with Gasteiger partial charge in [-0.2, -0.15) is 39.5 Å². The topological polar surface area (TPSA) is 271 Å². The van der Waals surface area contributed by atoms with Crippen LogP contribution in [0.3, 0.4) is 0 Å². The predicted molar refractivity (Wildman–Crippen MR) is 129 cm³/mol. The van der Waals surface area contributed by atoms with Crippen molar-refractivity contribution in [3.05, 3.63) is 18.2 Å². The van der Waals surface area contributed by atoms with E-state index in [0.29, 0.717) is 37.7 Å². The van der Waals surface area contributed by atoms with Gasteiger partial charge in [0.05, 0.1) is 25.9 Å². The molecule has 0 amide bonds. The molecule has 0 radical (unpaired) electrons. The average Bonchev–Trinajstić information content (AvgIpc) is 2.84. The van der Waals surface area contributed by atoms with Crippen LogP contribution >= 0.6 is 0 Å². The quantitative estimate of drug-likeness (QED) is 0.0800. The second-order valence-corrected chi connectivity index (χ2v) is 6.66. The zero-order valence-corrected chi connectivity index (χ0v) is 21.5. The van der Waals surface area contributed by atoms with Crippen LogP contribution in [0.1, 0.15) is 0 Å². The van der Waals surface area contributed by atoms with E-state index in [0.717, 1.165) is 5.69 Å². The van der Waals surface area contributed by atoms with Gasteiger partial charge in [0.25, 0.3) is 0 Å². The Balaban J connectivity index is -0.000000619. The Kier molecular flexibility index (Phi) is 19.6. The minimum atomic E-state index is -5.08. The summed E-state index contributed by atoms with van der Waals surface area (Å²) in [5.74, 6) is -6.81. The zero-order chi connectivity index (χ0) is 34.6. The lowest BCUT2D eigenvalue weighted by Crippen LogP contribution is -2.24. The van der Waals surface area contributed by atoms with E-state index in [9.17, 15) is 39.5 Å². The van der Waals surface area contributed by atoms with Gasteiger partial charge in [0.2, 0.25) is 0 Å². The van der Waals surface area contributed by atoms with E-state index in [-0.39, 0.29) is 11.9 Å². The Labute approximate surface area is 234 Å². The number of methoxy groups -OCH3 is 1. The van der Waals surface area contributed by atoms with Crippen LogP contribution in [0, 0.1) is 0 Å². The molecule has 1 rings (SSSR count). The number of nitrogens with one attached hydrogen (secondary N) is 1. The molecule has 0 aliphatic rings. The van der Waals surface area contributed by atoms with Crippen molar-refractivity contribution in [1.29, 1.82) is 0 Å². The number of anilines is 1. The first-order chi connectivity index (χ1) is 19.4. The highest BCUT2D eigenvalue weighted by Gasteiger charge is 2.39. The third kappa shape index (κ3) is 25.6. The van der Waals surface area contributed by atoms with Crippen LogP contribution in [0.25, 0.3) is 0 Å². The summed E-state index contributed by atoms with van der Waals surface area (Å²) in [6.45, 7) is 1.73. The molecule has 0 spiro atoms. The monoisotopic (exact) mass is 651 g/mol. The first kappa shape index (κ1) is 42.4. The molecule has 0 fully saturated rings. The van der Waals surface area contributed by atoms with Gasteiger partial charge in [-0.1, -0.05) is 0 Å². The number of nitrogens with two attached hydrogens (primary N) is 4. The number of aliphatic carboxylic acids is 3. The van der Waals surface area contributed by atoms with E-state index in [1.165, 1.54) is 0 Å². The van der Waals surface area contributed by atoms with Gasteiger partial charge in [-0.3, -0.25) is 9.98 Å². The Morgan fingerprint density at radius 3 is 1.47 bits per heavy atom. The number of hydrogen-bond acceptors (Lipinski definition) is 8. The lowest BCUT2D eigenvalue weighted by Gasteiger charge is -2.13. The average molecular weight is 651 g/mol. The number of guanidine groups is 2. The smallest absolute Gasteiger partial charge is 0.490 e. The number of halogens is 9. The van der Waals surface area contributed by atoms with Crippen molar-refractivity contribution in [2.45, 2.75) is 18.5 Å². The van der Waals surface area contributed by atoms with Crippen molar-refractivity contribution < 1.29 is 78.7 Å². The lowest BCUT2D eigenvalue weighted by atomic mass is 10.2. The maximum Gasteiger partial charge on any atom is 0.490 e. The van der Waals surface area contributed by atoms with Gasteiger partial charge < -0.3 is 53.0 Å². The first-order valence-electron chi connectivity index (χ1n) is 10.4. The van der Waals surface area contributed by atoms with Gasteiger partial charge in [-0.05, 0) is 12.1 Å². The number of ether oxygens (including phenoxy) is 2. The van der Waals surface area contributed by atoms with Crippen LogP contribution in [0.4, 0.5) is 45.2 Å². The van der Waals surface area contributed by atoms with Crippen LogP contribution in [-0.2, 0) is 14.4 Å². The van der Waals surface area contributed by atoms with E-state index in [1.807, 2.05) is 6.07 Å². The molecule has 24 heteroatoms. The molecule has 43 heavy (non-hydrogen) atoms. The summed E-state index contributed by atoms with van der Waals surface area (Å²) in [4.78, 5) is 34.4. The van der Waals surface area contributed by atoms with Crippen molar-refractivity contribution in [2.24, 2.45) is 32.9 Å². The fourth-order valence-corrected chi connectivity index (χ4v) is 1.61. The Morgan fingerprint density at radius 1 is 0.767 bits per heavy atom. The molecule has 0 bridgehead atoms. The fourth-order valence-electron chi connectivity index (χ4n) is 1.61. The second-order valence-electron chi connectivity index (χ2n) is 6.66. The number of carboxylic acids is 3.